The molecule has 6 nitrogen and oxygen atoms in total. The molecule has 1 amide bonds. The highest BCUT2D eigenvalue weighted by molar-refractivity contribution is 7.92. The average molecular weight is 357 g/mol. The normalized spacial score (nSPS) is 10.8. The van der Waals surface area contributed by atoms with Gasteiger partial charge in [0.15, 0.2) is 0 Å². The van der Waals surface area contributed by atoms with Gasteiger partial charge in [-0.05, 0) is 43.7 Å². The summed E-state index contributed by atoms with van der Waals surface area (Å²) in [5.74, 6) is -0.486. The minimum Gasteiger partial charge on any atom is -0.324 e. The molecule has 0 aliphatic rings. The molecule has 7 heteroatoms. The quantitative estimate of drug-likeness (QED) is 0.890. The highest BCUT2D eigenvalue weighted by Crippen LogP contribution is 2.23. The van der Waals surface area contributed by atoms with E-state index in [1.165, 1.54) is 6.07 Å². The standard InChI is InChI=1S/C18H19N3O3S/c1-13-7-8-17(14(2)9-13)21(25(3,23)24)12-18(22)20-16-6-4-5-15(10-16)11-19/h4-10H,12H2,1-3H3,(H,20,22). The number of carbonyl (C=O) groups is 1. The van der Waals surface area contributed by atoms with Crippen LogP contribution >= 0.6 is 0 Å². The maximum Gasteiger partial charge on any atom is 0.245 e. The molecule has 2 aromatic carbocycles. The molecule has 0 aliphatic carbocycles. The van der Waals surface area contributed by atoms with Crippen molar-refractivity contribution in [3.63, 3.8) is 0 Å². The molecular weight excluding hydrogens is 338 g/mol. The van der Waals surface area contributed by atoms with Crippen LogP contribution in [-0.2, 0) is 14.8 Å². The molecule has 0 unspecified atom stereocenters. The van der Waals surface area contributed by atoms with Gasteiger partial charge in [0, 0.05) is 5.69 Å². The van der Waals surface area contributed by atoms with E-state index >= 15 is 0 Å². The van der Waals surface area contributed by atoms with Crippen LogP contribution in [0.15, 0.2) is 42.5 Å². The molecule has 0 aromatic heterocycles. The Morgan fingerprint density at radius 2 is 1.92 bits per heavy atom. The van der Waals surface area contributed by atoms with Gasteiger partial charge in [0.1, 0.15) is 6.54 Å². The van der Waals surface area contributed by atoms with Crippen molar-refractivity contribution < 1.29 is 13.2 Å². The maximum atomic E-state index is 12.3. The van der Waals surface area contributed by atoms with Gasteiger partial charge >= 0.3 is 0 Å². The number of carbonyl (C=O) groups excluding carboxylic acids is 1. The van der Waals surface area contributed by atoms with E-state index in [1.807, 2.05) is 19.1 Å². The molecule has 0 fully saturated rings. The molecule has 0 saturated carbocycles. The zero-order valence-corrected chi connectivity index (χ0v) is 15.1. The Labute approximate surface area is 147 Å². The average Bonchev–Trinajstić information content (AvgIpc) is 2.52. The summed E-state index contributed by atoms with van der Waals surface area (Å²) in [7, 11) is -3.63. The Morgan fingerprint density at radius 3 is 2.52 bits per heavy atom. The minimum atomic E-state index is -3.63. The van der Waals surface area contributed by atoms with Crippen LogP contribution in [0.4, 0.5) is 11.4 Å². The zero-order valence-electron chi connectivity index (χ0n) is 14.3. The van der Waals surface area contributed by atoms with Crippen molar-refractivity contribution in [3.8, 4) is 6.07 Å². The van der Waals surface area contributed by atoms with Crippen molar-refractivity contribution in [3.05, 3.63) is 59.2 Å². The molecule has 0 atom stereocenters. The number of anilines is 2. The fraction of sp³-hybridized carbons (Fsp3) is 0.222. The highest BCUT2D eigenvalue weighted by Gasteiger charge is 2.22. The molecule has 0 saturated heterocycles. The molecule has 0 bridgehead atoms. The first-order valence-corrected chi connectivity index (χ1v) is 9.40. The Kier molecular flexibility index (Phi) is 5.45. The number of nitrogens with one attached hydrogen (secondary N) is 1. The van der Waals surface area contributed by atoms with Gasteiger partial charge in [-0.15, -0.1) is 0 Å². The van der Waals surface area contributed by atoms with E-state index in [4.69, 9.17) is 5.26 Å². The van der Waals surface area contributed by atoms with Crippen LogP contribution in [0.2, 0.25) is 0 Å². The number of rotatable bonds is 5. The minimum absolute atomic E-state index is 0.348. The van der Waals surface area contributed by atoms with Gasteiger partial charge in [-0.25, -0.2) is 8.42 Å². The summed E-state index contributed by atoms with van der Waals surface area (Å²) in [5, 5.41) is 11.5. The smallest absolute Gasteiger partial charge is 0.245 e. The summed E-state index contributed by atoms with van der Waals surface area (Å²) in [6.07, 6.45) is 1.07. The van der Waals surface area contributed by atoms with Crippen LogP contribution in [0.25, 0.3) is 0 Å². The fourth-order valence-corrected chi connectivity index (χ4v) is 3.38. The first-order chi connectivity index (χ1) is 11.7. The third-order valence-electron chi connectivity index (χ3n) is 3.58. The van der Waals surface area contributed by atoms with E-state index in [1.54, 1.807) is 37.3 Å². The highest BCUT2D eigenvalue weighted by atomic mass is 32.2. The summed E-state index contributed by atoms with van der Waals surface area (Å²) >= 11 is 0. The predicted molar refractivity (Wildman–Crippen MR) is 97.9 cm³/mol. The topological polar surface area (TPSA) is 90.3 Å². The van der Waals surface area contributed by atoms with E-state index in [2.05, 4.69) is 5.32 Å². The number of nitriles is 1. The lowest BCUT2D eigenvalue weighted by Crippen LogP contribution is -2.37. The second kappa shape index (κ2) is 7.36. The molecule has 130 valence electrons. The zero-order chi connectivity index (χ0) is 18.6. The lowest BCUT2D eigenvalue weighted by molar-refractivity contribution is -0.114. The van der Waals surface area contributed by atoms with Crippen LogP contribution < -0.4 is 9.62 Å². The summed E-state index contributed by atoms with van der Waals surface area (Å²) in [6, 6.07) is 13.8. The second-order valence-corrected chi connectivity index (χ2v) is 7.71. The number of hydrogen-bond acceptors (Lipinski definition) is 4. The van der Waals surface area contributed by atoms with Crippen LogP contribution in [0.1, 0.15) is 16.7 Å². The van der Waals surface area contributed by atoms with Gasteiger partial charge in [-0.1, -0.05) is 23.8 Å². The number of amides is 1. The molecule has 0 heterocycles. The fourth-order valence-electron chi connectivity index (χ4n) is 2.46. The third kappa shape index (κ3) is 4.81. The Bertz CT molecular complexity index is 946. The van der Waals surface area contributed by atoms with Gasteiger partial charge in [0.2, 0.25) is 15.9 Å². The molecule has 2 aromatic rings. The van der Waals surface area contributed by atoms with Crippen molar-refractivity contribution in [1.29, 1.82) is 5.26 Å². The number of benzene rings is 2. The lowest BCUT2D eigenvalue weighted by Gasteiger charge is -2.24. The van der Waals surface area contributed by atoms with Crippen LogP contribution in [0.3, 0.4) is 0 Å². The molecule has 0 aliphatic heterocycles. The largest absolute Gasteiger partial charge is 0.324 e. The Hall–Kier alpha value is -2.85. The SMILES string of the molecule is Cc1ccc(N(CC(=O)Nc2cccc(C#N)c2)S(C)(=O)=O)c(C)c1. The van der Waals surface area contributed by atoms with Gasteiger partial charge in [-0.2, -0.15) is 5.26 Å². The van der Waals surface area contributed by atoms with E-state index in [9.17, 15) is 13.2 Å². The van der Waals surface area contributed by atoms with Crippen LogP contribution in [-0.4, -0.2) is 27.1 Å². The van der Waals surface area contributed by atoms with Gasteiger partial charge in [-0.3, -0.25) is 9.10 Å². The van der Waals surface area contributed by atoms with E-state index in [-0.39, 0.29) is 6.54 Å². The van der Waals surface area contributed by atoms with Crippen molar-refractivity contribution in [2.45, 2.75) is 13.8 Å². The molecule has 2 rings (SSSR count). The van der Waals surface area contributed by atoms with Gasteiger partial charge in [0.05, 0.1) is 23.6 Å². The van der Waals surface area contributed by atoms with E-state index in [0.717, 1.165) is 21.7 Å². The summed E-state index contributed by atoms with van der Waals surface area (Å²) in [6.45, 7) is 3.37. The summed E-state index contributed by atoms with van der Waals surface area (Å²) in [4.78, 5) is 12.3. The van der Waals surface area contributed by atoms with E-state index in [0.29, 0.717) is 16.9 Å². The van der Waals surface area contributed by atoms with Crippen molar-refractivity contribution in [2.75, 3.05) is 22.4 Å². The van der Waals surface area contributed by atoms with Crippen molar-refractivity contribution in [2.24, 2.45) is 0 Å². The Balaban J connectivity index is 2.25. The first-order valence-electron chi connectivity index (χ1n) is 7.55. The Morgan fingerprint density at radius 1 is 1.20 bits per heavy atom. The van der Waals surface area contributed by atoms with Crippen LogP contribution in [0, 0.1) is 25.2 Å². The molecule has 25 heavy (non-hydrogen) atoms. The second-order valence-electron chi connectivity index (χ2n) is 5.80. The van der Waals surface area contributed by atoms with Gasteiger partial charge < -0.3 is 5.32 Å². The third-order valence-corrected chi connectivity index (χ3v) is 4.71. The van der Waals surface area contributed by atoms with Crippen molar-refractivity contribution >= 4 is 27.3 Å². The monoisotopic (exact) mass is 357 g/mol. The summed E-state index contributed by atoms with van der Waals surface area (Å²) in [5.41, 5.74) is 3.09. The molecule has 1 N–H and O–H groups in total. The number of nitrogens with zero attached hydrogens (tertiary/aromatic N) is 2. The molecule has 0 radical (unpaired) electrons. The maximum absolute atomic E-state index is 12.3. The van der Waals surface area contributed by atoms with E-state index < -0.39 is 15.9 Å². The van der Waals surface area contributed by atoms with Gasteiger partial charge in [0.25, 0.3) is 0 Å². The molecule has 0 spiro atoms. The number of aryl methyl sites for hydroxylation is 2. The van der Waals surface area contributed by atoms with Crippen LogP contribution in [0.5, 0.6) is 0 Å². The lowest BCUT2D eigenvalue weighted by atomic mass is 10.1. The van der Waals surface area contributed by atoms with Crippen molar-refractivity contribution in [1.82, 2.24) is 0 Å². The first kappa shape index (κ1) is 18.5. The molecular formula is C18H19N3O3S. The summed E-state index contributed by atoms with van der Waals surface area (Å²) < 4.78 is 25.4. The number of hydrogen-bond donors (Lipinski definition) is 1. The predicted octanol–water partition coefficient (Wildman–Crippen LogP) is 2.58. The number of sulfonamides is 1.